The highest BCUT2D eigenvalue weighted by molar-refractivity contribution is 9.10. The van der Waals surface area contributed by atoms with Crippen molar-refractivity contribution < 1.29 is 14.3 Å². The van der Waals surface area contributed by atoms with Crippen LogP contribution in [0.3, 0.4) is 0 Å². The fraction of sp³-hybridized carbons (Fsp3) is 0.278. The number of nitrogens with one attached hydrogen (secondary N) is 2. The number of methoxy groups -OCH3 is 1. The molecule has 0 unspecified atom stereocenters. The predicted molar refractivity (Wildman–Crippen MR) is 104 cm³/mol. The highest BCUT2D eigenvalue weighted by Gasteiger charge is 2.08. The molecule has 0 heterocycles. The van der Waals surface area contributed by atoms with E-state index < -0.39 is 0 Å². The number of hydrogen-bond donors (Lipinski definition) is 2. The molecule has 0 radical (unpaired) electrons. The summed E-state index contributed by atoms with van der Waals surface area (Å²) < 4.78 is 11.8. The second-order valence-electron chi connectivity index (χ2n) is 5.11. The first-order valence-corrected chi connectivity index (χ1v) is 8.46. The van der Waals surface area contributed by atoms with Crippen molar-refractivity contribution in [1.82, 2.24) is 10.6 Å². The van der Waals surface area contributed by atoms with Crippen molar-refractivity contribution in [2.75, 3.05) is 26.8 Å². The molecule has 2 N–H and O–H groups in total. The summed E-state index contributed by atoms with van der Waals surface area (Å²) in [6.07, 6.45) is 0. The lowest BCUT2D eigenvalue weighted by Gasteiger charge is -2.13. The number of ether oxygens (including phenoxy) is 2. The third-order valence-corrected chi connectivity index (χ3v) is 3.74. The summed E-state index contributed by atoms with van der Waals surface area (Å²) in [5, 5.41) is 5.89. The quantitative estimate of drug-likeness (QED) is 0.599. The third-order valence-electron chi connectivity index (χ3n) is 3.24. The van der Waals surface area contributed by atoms with E-state index in [1.807, 2.05) is 48.5 Å². The maximum absolute atomic E-state index is 11.9. The first-order chi connectivity index (χ1) is 11.7. The minimum atomic E-state index is -0.0697. The SMILES string of the molecule is COCCNCC(=O)NCc1ccc(Br)cc1Oc1ccccc1.Cl. The van der Waals surface area contributed by atoms with Gasteiger partial charge < -0.3 is 20.1 Å². The van der Waals surface area contributed by atoms with Crippen molar-refractivity contribution >= 4 is 34.2 Å². The number of benzene rings is 2. The summed E-state index contributed by atoms with van der Waals surface area (Å²) in [5.74, 6) is 1.40. The van der Waals surface area contributed by atoms with Crippen LogP contribution in [0.1, 0.15) is 5.56 Å². The smallest absolute Gasteiger partial charge is 0.234 e. The minimum Gasteiger partial charge on any atom is -0.457 e. The van der Waals surface area contributed by atoms with Gasteiger partial charge in [0.05, 0.1) is 13.2 Å². The molecular formula is C18H22BrClN2O3. The van der Waals surface area contributed by atoms with Gasteiger partial charge in [0.1, 0.15) is 11.5 Å². The summed E-state index contributed by atoms with van der Waals surface area (Å²) in [7, 11) is 1.63. The Hall–Kier alpha value is -1.60. The lowest BCUT2D eigenvalue weighted by atomic mass is 10.2. The van der Waals surface area contributed by atoms with Crippen LogP contribution in [0.25, 0.3) is 0 Å². The Morgan fingerprint density at radius 2 is 1.92 bits per heavy atom. The van der Waals surface area contributed by atoms with Crippen LogP contribution in [-0.4, -0.2) is 32.7 Å². The molecule has 0 aliphatic rings. The molecule has 0 fully saturated rings. The number of para-hydroxylation sites is 1. The van der Waals surface area contributed by atoms with E-state index in [0.29, 0.717) is 25.4 Å². The van der Waals surface area contributed by atoms with Gasteiger partial charge in [0.2, 0.25) is 5.91 Å². The monoisotopic (exact) mass is 428 g/mol. The lowest BCUT2D eigenvalue weighted by molar-refractivity contribution is -0.120. The molecule has 2 rings (SSSR count). The first kappa shape index (κ1) is 21.4. The topological polar surface area (TPSA) is 59.6 Å². The molecule has 0 atom stereocenters. The number of halogens is 2. The van der Waals surface area contributed by atoms with Gasteiger partial charge in [-0.15, -0.1) is 12.4 Å². The zero-order chi connectivity index (χ0) is 17.2. The zero-order valence-corrected chi connectivity index (χ0v) is 16.4. The molecule has 2 aromatic carbocycles. The third kappa shape index (κ3) is 7.88. The van der Waals surface area contributed by atoms with Gasteiger partial charge in [-0.3, -0.25) is 4.79 Å². The normalized spacial score (nSPS) is 10.0. The molecule has 2 aromatic rings. The largest absolute Gasteiger partial charge is 0.457 e. The molecule has 0 aliphatic carbocycles. The van der Waals surface area contributed by atoms with Gasteiger partial charge in [0.25, 0.3) is 0 Å². The molecule has 136 valence electrons. The average molecular weight is 430 g/mol. The number of rotatable bonds is 9. The molecule has 0 aliphatic heterocycles. The second-order valence-corrected chi connectivity index (χ2v) is 6.03. The number of carbonyl (C=O) groups excluding carboxylic acids is 1. The Bertz CT molecular complexity index is 656. The molecule has 0 aromatic heterocycles. The molecule has 0 saturated carbocycles. The summed E-state index contributed by atoms with van der Waals surface area (Å²) in [5.41, 5.74) is 0.910. The van der Waals surface area contributed by atoms with Crippen molar-refractivity contribution in [2.45, 2.75) is 6.54 Å². The van der Waals surface area contributed by atoms with E-state index in [-0.39, 0.29) is 24.9 Å². The van der Waals surface area contributed by atoms with Crippen LogP contribution >= 0.6 is 28.3 Å². The fourth-order valence-electron chi connectivity index (χ4n) is 2.02. The van der Waals surface area contributed by atoms with Crippen LogP contribution in [0, 0.1) is 0 Å². The van der Waals surface area contributed by atoms with Gasteiger partial charge in [-0.2, -0.15) is 0 Å². The van der Waals surface area contributed by atoms with E-state index >= 15 is 0 Å². The summed E-state index contributed by atoms with van der Waals surface area (Å²) >= 11 is 3.45. The van der Waals surface area contributed by atoms with Gasteiger partial charge in [-0.05, 0) is 24.3 Å². The van der Waals surface area contributed by atoms with Gasteiger partial charge in [0, 0.05) is 30.2 Å². The van der Waals surface area contributed by atoms with Crippen LogP contribution in [-0.2, 0) is 16.1 Å². The standard InChI is InChI=1S/C18H21BrN2O3.ClH/c1-23-10-9-20-13-18(22)21-12-14-7-8-15(19)11-17(14)24-16-5-3-2-4-6-16;/h2-8,11,20H,9-10,12-13H2,1H3,(H,21,22);1H. The van der Waals surface area contributed by atoms with Gasteiger partial charge in [0.15, 0.2) is 0 Å². The summed E-state index contributed by atoms with van der Waals surface area (Å²) in [6.45, 7) is 1.88. The van der Waals surface area contributed by atoms with E-state index in [2.05, 4.69) is 26.6 Å². The molecule has 5 nitrogen and oxygen atoms in total. The van der Waals surface area contributed by atoms with Crippen molar-refractivity contribution in [3.63, 3.8) is 0 Å². The lowest BCUT2D eigenvalue weighted by Crippen LogP contribution is -2.34. The first-order valence-electron chi connectivity index (χ1n) is 7.66. The van der Waals surface area contributed by atoms with Crippen molar-refractivity contribution in [2.24, 2.45) is 0 Å². The van der Waals surface area contributed by atoms with Crippen LogP contribution < -0.4 is 15.4 Å². The second kappa shape index (κ2) is 11.9. The minimum absolute atomic E-state index is 0. The summed E-state index contributed by atoms with van der Waals surface area (Å²) in [4.78, 5) is 11.9. The van der Waals surface area contributed by atoms with Gasteiger partial charge in [-0.25, -0.2) is 0 Å². The Labute approximate surface area is 162 Å². The van der Waals surface area contributed by atoms with Gasteiger partial charge >= 0.3 is 0 Å². The Morgan fingerprint density at radius 3 is 2.64 bits per heavy atom. The van der Waals surface area contributed by atoms with Crippen molar-refractivity contribution in [3.05, 3.63) is 58.6 Å². The zero-order valence-electron chi connectivity index (χ0n) is 14.0. The number of amides is 1. The number of hydrogen-bond acceptors (Lipinski definition) is 4. The highest BCUT2D eigenvalue weighted by Crippen LogP contribution is 2.28. The fourth-order valence-corrected chi connectivity index (χ4v) is 2.36. The molecule has 25 heavy (non-hydrogen) atoms. The number of carbonyl (C=O) groups is 1. The maximum atomic E-state index is 11.9. The van der Waals surface area contributed by atoms with Gasteiger partial charge in [-0.1, -0.05) is 40.2 Å². The van der Waals surface area contributed by atoms with E-state index in [9.17, 15) is 4.79 Å². The van der Waals surface area contributed by atoms with Crippen LogP contribution in [0.2, 0.25) is 0 Å². The predicted octanol–water partition coefficient (Wildman–Crippen LogP) is 3.52. The Kier molecular flexibility index (Phi) is 10.2. The molecule has 0 spiro atoms. The Balaban J connectivity index is 0.00000312. The molecule has 1 amide bonds. The summed E-state index contributed by atoms with van der Waals surface area (Å²) in [6, 6.07) is 15.3. The van der Waals surface area contributed by atoms with Crippen molar-refractivity contribution in [1.29, 1.82) is 0 Å². The van der Waals surface area contributed by atoms with E-state index in [1.54, 1.807) is 7.11 Å². The molecule has 0 bridgehead atoms. The van der Waals surface area contributed by atoms with Crippen molar-refractivity contribution in [3.8, 4) is 11.5 Å². The van der Waals surface area contributed by atoms with E-state index in [4.69, 9.17) is 9.47 Å². The van der Waals surface area contributed by atoms with Crippen LogP contribution in [0.5, 0.6) is 11.5 Å². The molecular weight excluding hydrogens is 408 g/mol. The van der Waals surface area contributed by atoms with Crippen LogP contribution in [0.4, 0.5) is 0 Å². The van der Waals surface area contributed by atoms with E-state index in [1.165, 1.54) is 0 Å². The van der Waals surface area contributed by atoms with Crippen LogP contribution in [0.15, 0.2) is 53.0 Å². The molecule has 0 saturated heterocycles. The van der Waals surface area contributed by atoms with E-state index in [0.717, 1.165) is 15.8 Å². The average Bonchev–Trinajstić information content (AvgIpc) is 2.59. The maximum Gasteiger partial charge on any atom is 0.234 e. The Morgan fingerprint density at radius 1 is 1.16 bits per heavy atom. The molecule has 7 heteroatoms. The highest BCUT2D eigenvalue weighted by atomic mass is 79.9.